The van der Waals surface area contributed by atoms with Crippen LogP contribution in [-0.2, 0) is 4.79 Å². The molecule has 1 aliphatic rings. The van der Waals surface area contributed by atoms with E-state index < -0.39 is 5.91 Å². The van der Waals surface area contributed by atoms with Crippen LogP contribution < -0.4 is 11.1 Å². The highest BCUT2D eigenvalue weighted by molar-refractivity contribution is 6.32. The van der Waals surface area contributed by atoms with Gasteiger partial charge in [0.25, 0.3) is 5.91 Å². The Labute approximate surface area is 127 Å². The number of rotatable bonds is 4. The zero-order chi connectivity index (χ0) is 15.4. The van der Waals surface area contributed by atoms with Gasteiger partial charge in [0.05, 0.1) is 11.6 Å². The number of phenols is 1. The molecule has 2 rings (SSSR count). The molecule has 2 amide bonds. The maximum atomic E-state index is 12.6. The minimum Gasteiger partial charge on any atom is -0.506 e. The lowest BCUT2D eigenvalue weighted by atomic mass is 10.0. The molecule has 0 aromatic heterocycles. The molecule has 7 heteroatoms. The smallest absolute Gasteiger partial charge is 0.254 e. The number of nitrogens with zero attached hydrogens (tertiary/aromatic N) is 1. The van der Waals surface area contributed by atoms with Crippen molar-refractivity contribution >= 4 is 23.4 Å². The van der Waals surface area contributed by atoms with Gasteiger partial charge in [-0.05, 0) is 44.1 Å². The summed E-state index contributed by atoms with van der Waals surface area (Å²) in [5.74, 6) is -0.939. The molecule has 0 aliphatic carbocycles. The average molecular weight is 312 g/mol. The van der Waals surface area contributed by atoms with E-state index in [1.54, 1.807) is 0 Å². The second kappa shape index (κ2) is 6.78. The monoisotopic (exact) mass is 311 g/mol. The van der Waals surface area contributed by atoms with E-state index in [0.717, 1.165) is 25.9 Å². The molecule has 1 aliphatic heterocycles. The Morgan fingerprint density at radius 1 is 1.38 bits per heavy atom. The average Bonchev–Trinajstić information content (AvgIpc) is 2.47. The van der Waals surface area contributed by atoms with Crippen molar-refractivity contribution < 1.29 is 14.7 Å². The van der Waals surface area contributed by atoms with Crippen LogP contribution in [0.15, 0.2) is 18.2 Å². The molecule has 0 radical (unpaired) electrons. The van der Waals surface area contributed by atoms with Gasteiger partial charge in [0, 0.05) is 11.6 Å². The van der Waals surface area contributed by atoms with Crippen LogP contribution in [0.5, 0.6) is 5.75 Å². The van der Waals surface area contributed by atoms with E-state index >= 15 is 0 Å². The Kier molecular flexibility index (Phi) is 5.03. The highest BCUT2D eigenvalue weighted by Crippen LogP contribution is 2.25. The van der Waals surface area contributed by atoms with Crippen molar-refractivity contribution in [2.45, 2.75) is 18.9 Å². The normalized spacial score (nSPS) is 15.7. The molecule has 1 saturated heterocycles. The zero-order valence-electron chi connectivity index (χ0n) is 11.5. The van der Waals surface area contributed by atoms with Gasteiger partial charge in [-0.25, -0.2) is 0 Å². The molecule has 1 heterocycles. The van der Waals surface area contributed by atoms with E-state index in [0.29, 0.717) is 5.56 Å². The molecule has 0 bridgehead atoms. The summed E-state index contributed by atoms with van der Waals surface area (Å²) < 4.78 is 0. The number of halogens is 1. The Bertz CT molecular complexity index is 544. The van der Waals surface area contributed by atoms with Gasteiger partial charge >= 0.3 is 0 Å². The van der Waals surface area contributed by atoms with Gasteiger partial charge in [-0.15, -0.1) is 0 Å². The van der Waals surface area contributed by atoms with Crippen LogP contribution in [0.3, 0.4) is 0 Å². The van der Waals surface area contributed by atoms with E-state index in [2.05, 4.69) is 5.32 Å². The summed E-state index contributed by atoms with van der Waals surface area (Å²) in [6, 6.07) is 4.21. The van der Waals surface area contributed by atoms with Gasteiger partial charge in [0.1, 0.15) is 5.75 Å². The molecule has 21 heavy (non-hydrogen) atoms. The number of aromatic hydroxyl groups is 1. The maximum Gasteiger partial charge on any atom is 0.254 e. The van der Waals surface area contributed by atoms with E-state index in [4.69, 9.17) is 17.3 Å². The third-order valence-electron chi connectivity index (χ3n) is 3.53. The summed E-state index contributed by atoms with van der Waals surface area (Å²) in [5.41, 5.74) is 5.59. The van der Waals surface area contributed by atoms with Gasteiger partial charge in [-0.2, -0.15) is 0 Å². The maximum absolute atomic E-state index is 12.6. The molecule has 4 N–H and O–H groups in total. The largest absolute Gasteiger partial charge is 0.506 e. The van der Waals surface area contributed by atoms with Crippen LogP contribution in [-0.4, -0.2) is 47.5 Å². The minimum atomic E-state index is -0.549. The summed E-state index contributed by atoms with van der Waals surface area (Å²) in [4.78, 5) is 25.3. The quantitative estimate of drug-likeness (QED) is 0.763. The van der Waals surface area contributed by atoms with E-state index in [1.807, 2.05) is 0 Å². The molecule has 0 atom stereocenters. The van der Waals surface area contributed by atoms with E-state index in [1.165, 1.54) is 23.1 Å². The Hall–Kier alpha value is -1.79. The molecule has 1 aromatic carbocycles. The lowest BCUT2D eigenvalue weighted by Crippen LogP contribution is -2.49. The third-order valence-corrected chi connectivity index (χ3v) is 3.83. The number of hydrogen-bond donors (Lipinski definition) is 3. The second-order valence-electron chi connectivity index (χ2n) is 5.05. The fourth-order valence-corrected chi connectivity index (χ4v) is 2.64. The Morgan fingerprint density at radius 2 is 2.05 bits per heavy atom. The van der Waals surface area contributed by atoms with Gasteiger partial charge in [-0.1, -0.05) is 11.6 Å². The number of benzene rings is 1. The first kappa shape index (κ1) is 15.6. The first-order valence-corrected chi connectivity index (χ1v) is 7.15. The summed E-state index contributed by atoms with van der Waals surface area (Å²) in [6.45, 7) is 1.47. The predicted molar refractivity (Wildman–Crippen MR) is 79.2 cm³/mol. The van der Waals surface area contributed by atoms with Crippen molar-refractivity contribution in [3.63, 3.8) is 0 Å². The van der Waals surface area contributed by atoms with Crippen molar-refractivity contribution in [2.75, 3.05) is 19.6 Å². The van der Waals surface area contributed by atoms with Gasteiger partial charge < -0.3 is 21.1 Å². The van der Waals surface area contributed by atoms with Gasteiger partial charge in [0.2, 0.25) is 5.91 Å². The molecule has 0 unspecified atom stereocenters. The van der Waals surface area contributed by atoms with Crippen molar-refractivity contribution in [1.82, 2.24) is 10.2 Å². The van der Waals surface area contributed by atoms with Gasteiger partial charge in [0.15, 0.2) is 0 Å². The number of nitrogens with one attached hydrogen (secondary N) is 1. The second-order valence-corrected chi connectivity index (χ2v) is 5.45. The first-order valence-electron chi connectivity index (χ1n) is 6.77. The van der Waals surface area contributed by atoms with E-state index in [-0.39, 0.29) is 29.3 Å². The molecular weight excluding hydrogens is 294 g/mol. The Balaban J connectivity index is 2.23. The highest BCUT2D eigenvalue weighted by Gasteiger charge is 2.27. The van der Waals surface area contributed by atoms with Crippen LogP contribution in [0.25, 0.3) is 0 Å². The standard InChI is InChI=1S/C14H18ClN3O3/c15-11-7-9(1-2-12(11)19)14(21)18(8-13(16)20)10-3-5-17-6-4-10/h1-2,7,10,17,19H,3-6,8H2,(H2,16,20). The van der Waals surface area contributed by atoms with E-state index in [9.17, 15) is 14.7 Å². The molecule has 1 fully saturated rings. The molecule has 0 spiro atoms. The van der Waals surface area contributed by atoms with Crippen molar-refractivity contribution in [3.05, 3.63) is 28.8 Å². The SMILES string of the molecule is NC(=O)CN(C(=O)c1ccc(O)c(Cl)c1)C1CCNCC1. The lowest BCUT2D eigenvalue weighted by molar-refractivity contribution is -0.119. The Morgan fingerprint density at radius 3 is 2.62 bits per heavy atom. The van der Waals surface area contributed by atoms with Crippen molar-refractivity contribution in [1.29, 1.82) is 0 Å². The first-order chi connectivity index (χ1) is 9.99. The number of piperidine rings is 1. The fourth-order valence-electron chi connectivity index (χ4n) is 2.46. The minimum absolute atomic E-state index is 0.0289. The number of primary amides is 1. The number of hydrogen-bond acceptors (Lipinski definition) is 4. The van der Waals surface area contributed by atoms with Crippen LogP contribution in [0.1, 0.15) is 23.2 Å². The predicted octanol–water partition coefficient (Wildman–Crippen LogP) is 0.725. The van der Waals surface area contributed by atoms with Crippen LogP contribution in [0.4, 0.5) is 0 Å². The number of carbonyl (C=O) groups is 2. The zero-order valence-corrected chi connectivity index (χ0v) is 12.3. The summed E-state index contributed by atoms with van der Waals surface area (Å²) >= 11 is 5.83. The lowest BCUT2D eigenvalue weighted by Gasteiger charge is -2.34. The molecular formula is C14H18ClN3O3. The van der Waals surface area contributed by atoms with Crippen LogP contribution >= 0.6 is 11.6 Å². The summed E-state index contributed by atoms with van der Waals surface area (Å²) in [5, 5.41) is 12.7. The molecule has 1 aromatic rings. The molecule has 0 saturated carbocycles. The van der Waals surface area contributed by atoms with Crippen LogP contribution in [0.2, 0.25) is 5.02 Å². The topological polar surface area (TPSA) is 95.7 Å². The molecule has 114 valence electrons. The molecule has 6 nitrogen and oxygen atoms in total. The fraction of sp³-hybridized carbons (Fsp3) is 0.429. The van der Waals surface area contributed by atoms with Crippen LogP contribution in [0, 0.1) is 0 Å². The summed E-state index contributed by atoms with van der Waals surface area (Å²) in [7, 11) is 0. The number of nitrogens with two attached hydrogens (primary N) is 1. The number of carbonyl (C=O) groups excluding carboxylic acids is 2. The summed E-state index contributed by atoms with van der Waals surface area (Å²) in [6.07, 6.45) is 1.54. The van der Waals surface area contributed by atoms with Crippen molar-refractivity contribution in [3.8, 4) is 5.75 Å². The van der Waals surface area contributed by atoms with Crippen molar-refractivity contribution in [2.24, 2.45) is 5.73 Å². The third kappa shape index (κ3) is 3.86. The highest BCUT2D eigenvalue weighted by atomic mass is 35.5. The van der Waals surface area contributed by atoms with Gasteiger partial charge in [-0.3, -0.25) is 9.59 Å². The number of phenolic OH excluding ortho intramolecular Hbond substituents is 1. The number of amides is 2.